The average molecular weight is 233 g/mol. The van der Waals surface area contributed by atoms with Gasteiger partial charge in [-0.2, -0.15) is 0 Å². The summed E-state index contributed by atoms with van der Waals surface area (Å²) >= 11 is 0. The van der Waals surface area contributed by atoms with Crippen LogP contribution in [0.1, 0.15) is 24.0 Å². The molecule has 0 radical (unpaired) electrons. The maximum atomic E-state index is 9.09. The van der Waals surface area contributed by atoms with E-state index in [-0.39, 0.29) is 12.4 Å². The van der Waals surface area contributed by atoms with Gasteiger partial charge in [0.1, 0.15) is 5.84 Å². The van der Waals surface area contributed by atoms with Crippen LogP contribution in [0.3, 0.4) is 0 Å². The van der Waals surface area contributed by atoms with Crippen molar-refractivity contribution in [2.24, 2.45) is 5.73 Å². The molecule has 0 unspecified atom stereocenters. The van der Waals surface area contributed by atoms with E-state index in [1.165, 1.54) is 12.8 Å². The van der Waals surface area contributed by atoms with Gasteiger partial charge in [-0.1, -0.05) is 0 Å². The van der Waals surface area contributed by atoms with Gasteiger partial charge in [0, 0.05) is 23.8 Å². The van der Waals surface area contributed by atoms with Gasteiger partial charge in [-0.05, 0) is 43.5 Å². The Morgan fingerprint density at radius 3 is 2.71 bits per heavy atom. The third-order valence-electron chi connectivity index (χ3n) is 3.16. The summed E-state index contributed by atoms with van der Waals surface area (Å²) in [6, 6.07) is 6.49. The largest absolute Gasteiger partial charge is 0.395 e. The Hall–Kier alpha value is -1.55. The minimum Gasteiger partial charge on any atom is -0.395 e. The van der Waals surface area contributed by atoms with E-state index in [1.54, 1.807) is 0 Å². The molecule has 0 heterocycles. The lowest BCUT2D eigenvalue weighted by Crippen LogP contribution is -2.29. The predicted octanol–water partition coefficient (Wildman–Crippen LogP) is 1.24. The molecule has 1 aliphatic rings. The van der Waals surface area contributed by atoms with E-state index in [9.17, 15) is 0 Å². The number of aliphatic hydroxyl groups is 1. The summed E-state index contributed by atoms with van der Waals surface area (Å²) in [5.74, 6) is 0.106. The summed E-state index contributed by atoms with van der Waals surface area (Å²) in [7, 11) is 0. The number of aliphatic hydroxyl groups excluding tert-OH is 1. The first-order valence-corrected chi connectivity index (χ1v) is 5.96. The van der Waals surface area contributed by atoms with Crippen LogP contribution in [-0.2, 0) is 0 Å². The Morgan fingerprint density at radius 1 is 1.53 bits per heavy atom. The Bertz CT molecular complexity index is 427. The highest BCUT2D eigenvalue weighted by molar-refractivity contribution is 5.96. The summed E-state index contributed by atoms with van der Waals surface area (Å²) in [5, 5.41) is 16.5. The standard InChI is InChI=1S/C13H19N3O/c1-9-8-11(4-5-12(9)13(14)15)16(6-7-17)10-2-3-10/h4-5,8,10,17H,2-3,6-7H2,1H3,(H3,14,15). The second-order valence-electron chi connectivity index (χ2n) is 4.56. The fraction of sp³-hybridized carbons (Fsp3) is 0.462. The van der Waals surface area contributed by atoms with Crippen molar-refractivity contribution in [1.29, 1.82) is 5.41 Å². The molecule has 0 bridgehead atoms. The molecule has 0 aliphatic heterocycles. The molecule has 4 heteroatoms. The molecule has 0 amide bonds. The van der Waals surface area contributed by atoms with E-state index in [4.69, 9.17) is 16.2 Å². The Morgan fingerprint density at radius 2 is 2.24 bits per heavy atom. The number of nitrogens with zero attached hydrogens (tertiary/aromatic N) is 1. The monoisotopic (exact) mass is 233 g/mol. The zero-order valence-corrected chi connectivity index (χ0v) is 10.1. The second-order valence-corrected chi connectivity index (χ2v) is 4.56. The summed E-state index contributed by atoms with van der Waals surface area (Å²) < 4.78 is 0. The van der Waals surface area contributed by atoms with E-state index in [1.807, 2.05) is 25.1 Å². The minimum atomic E-state index is 0.106. The molecule has 1 aromatic carbocycles. The number of amidine groups is 1. The first-order valence-electron chi connectivity index (χ1n) is 5.96. The van der Waals surface area contributed by atoms with Gasteiger partial charge in [-0.15, -0.1) is 0 Å². The van der Waals surface area contributed by atoms with Crippen LogP contribution in [0.2, 0.25) is 0 Å². The van der Waals surface area contributed by atoms with E-state index in [0.717, 1.165) is 16.8 Å². The van der Waals surface area contributed by atoms with Crippen molar-refractivity contribution in [3.8, 4) is 0 Å². The molecule has 0 aromatic heterocycles. The minimum absolute atomic E-state index is 0.106. The van der Waals surface area contributed by atoms with Crippen LogP contribution < -0.4 is 10.6 Å². The Balaban J connectivity index is 2.25. The smallest absolute Gasteiger partial charge is 0.123 e. The summed E-state index contributed by atoms with van der Waals surface area (Å²) in [5.41, 5.74) is 8.41. The molecule has 1 aliphatic carbocycles. The number of nitrogens with two attached hydrogens (primary N) is 1. The van der Waals surface area contributed by atoms with Crippen molar-refractivity contribution >= 4 is 11.5 Å². The van der Waals surface area contributed by atoms with Gasteiger partial charge in [0.15, 0.2) is 0 Å². The van der Waals surface area contributed by atoms with Gasteiger partial charge >= 0.3 is 0 Å². The Kier molecular flexibility index (Phi) is 3.33. The normalized spacial score (nSPS) is 14.7. The predicted molar refractivity (Wildman–Crippen MR) is 69.6 cm³/mol. The van der Waals surface area contributed by atoms with Gasteiger partial charge < -0.3 is 15.7 Å². The first-order chi connectivity index (χ1) is 8.13. The zero-order valence-electron chi connectivity index (χ0n) is 10.1. The van der Waals surface area contributed by atoms with Gasteiger partial charge in [-0.25, -0.2) is 0 Å². The quantitative estimate of drug-likeness (QED) is 0.529. The molecule has 4 N–H and O–H groups in total. The number of anilines is 1. The number of aryl methyl sites for hydroxylation is 1. The first kappa shape index (κ1) is 11.9. The molecule has 1 saturated carbocycles. The highest BCUT2D eigenvalue weighted by atomic mass is 16.3. The molecule has 2 rings (SSSR count). The number of rotatable bonds is 5. The lowest BCUT2D eigenvalue weighted by Gasteiger charge is -2.24. The third kappa shape index (κ3) is 2.58. The molecule has 4 nitrogen and oxygen atoms in total. The molecule has 1 fully saturated rings. The van der Waals surface area contributed by atoms with E-state index < -0.39 is 0 Å². The van der Waals surface area contributed by atoms with Crippen molar-refractivity contribution < 1.29 is 5.11 Å². The van der Waals surface area contributed by atoms with Crippen LogP contribution in [0.4, 0.5) is 5.69 Å². The lowest BCUT2D eigenvalue weighted by molar-refractivity contribution is 0.301. The van der Waals surface area contributed by atoms with E-state index >= 15 is 0 Å². The fourth-order valence-corrected chi connectivity index (χ4v) is 2.15. The third-order valence-corrected chi connectivity index (χ3v) is 3.16. The van der Waals surface area contributed by atoms with Crippen molar-refractivity contribution in [3.63, 3.8) is 0 Å². The summed E-state index contributed by atoms with van der Waals surface area (Å²) in [6.07, 6.45) is 2.40. The van der Waals surface area contributed by atoms with Crippen LogP contribution in [0, 0.1) is 12.3 Å². The highest BCUT2D eigenvalue weighted by Gasteiger charge is 2.28. The van der Waals surface area contributed by atoms with Crippen molar-refractivity contribution in [1.82, 2.24) is 0 Å². The number of benzene rings is 1. The fourth-order valence-electron chi connectivity index (χ4n) is 2.15. The molecular weight excluding hydrogens is 214 g/mol. The SMILES string of the molecule is Cc1cc(N(CCO)C2CC2)ccc1C(=N)N. The van der Waals surface area contributed by atoms with Crippen molar-refractivity contribution in [2.45, 2.75) is 25.8 Å². The highest BCUT2D eigenvalue weighted by Crippen LogP contribution is 2.32. The van der Waals surface area contributed by atoms with Crippen LogP contribution in [-0.4, -0.2) is 30.1 Å². The number of hydrogen-bond donors (Lipinski definition) is 3. The van der Waals surface area contributed by atoms with Gasteiger partial charge in [0.2, 0.25) is 0 Å². The van der Waals surface area contributed by atoms with Crippen LogP contribution in [0.25, 0.3) is 0 Å². The maximum absolute atomic E-state index is 9.09. The second kappa shape index (κ2) is 4.75. The molecule has 17 heavy (non-hydrogen) atoms. The topological polar surface area (TPSA) is 73.3 Å². The summed E-state index contributed by atoms with van der Waals surface area (Å²) in [6.45, 7) is 2.80. The van der Waals surface area contributed by atoms with E-state index in [0.29, 0.717) is 12.6 Å². The van der Waals surface area contributed by atoms with Crippen LogP contribution >= 0.6 is 0 Å². The molecule has 92 valence electrons. The van der Waals surface area contributed by atoms with Gasteiger partial charge in [0.25, 0.3) is 0 Å². The summed E-state index contributed by atoms with van der Waals surface area (Å²) in [4.78, 5) is 2.23. The molecule has 0 spiro atoms. The van der Waals surface area contributed by atoms with Gasteiger partial charge in [-0.3, -0.25) is 5.41 Å². The van der Waals surface area contributed by atoms with Crippen molar-refractivity contribution in [3.05, 3.63) is 29.3 Å². The van der Waals surface area contributed by atoms with E-state index in [2.05, 4.69) is 4.90 Å². The molecule has 0 saturated heterocycles. The van der Waals surface area contributed by atoms with Crippen LogP contribution in [0.5, 0.6) is 0 Å². The number of hydrogen-bond acceptors (Lipinski definition) is 3. The average Bonchev–Trinajstić information content (AvgIpc) is 3.09. The maximum Gasteiger partial charge on any atom is 0.123 e. The molecular formula is C13H19N3O. The Labute approximate surface area is 102 Å². The van der Waals surface area contributed by atoms with Gasteiger partial charge in [0.05, 0.1) is 6.61 Å². The van der Waals surface area contributed by atoms with Crippen molar-refractivity contribution in [2.75, 3.05) is 18.1 Å². The number of nitrogen functional groups attached to an aromatic ring is 1. The molecule has 0 atom stereocenters. The zero-order chi connectivity index (χ0) is 12.4. The lowest BCUT2D eigenvalue weighted by atomic mass is 10.1. The number of nitrogens with one attached hydrogen (secondary N) is 1. The molecule has 1 aromatic rings. The van der Waals surface area contributed by atoms with Crippen LogP contribution in [0.15, 0.2) is 18.2 Å².